The fourth-order valence-electron chi connectivity index (χ4n) is 5.20. The number of nitrogen functional groups attached to an aromatic ring is 1. The van der Waals surface area contributed by atoms with Crippen LogP contribution in [0, 0.1) is 5.41 Å². The summed E-state index contributed by atoms with van der Waals surface area (Å²) >= 11 is 1.07. The number of hydroxylamine groups is 2. The lowest BCUT2D eigenvalue weighted by Gasteiger charge is -2.50. The number of amides is 2. The molecular weight excluding hydrogens is 630 g/mol. The summed E-state index contributed by atoms with van der Waals surface area (Å²) in [6, 6.07) is 4.65. The maximum Gasteiger partial charge on any atom is 0.418 e. The summed E-state index contributed by atoms with van der Waals surface area (Å²) in [7, 11) is -4.95. The van der Waals surface area contributed by atoms with Crippen molar-refractivity contribution in [3.8, 4) is 5.75 Å². The molecule has 17 nitrogen and oxygen atoms in total. The molecule has 2 fully saturated rings. The maximum absolute atomic E-state index is 13.1. The number of rotatable bonds is 10. The number of oxime groups is 1. The third-order valence-corrected chi connectivity index (χ3v) is 8.62. The number of anilines is 1. The zero-order valence-electron chi connectivity index (χ0n) is 24.7. The highest BCUT2D eigenvalue weighted by Crippen LogP contribution is 2.33. The summed E-state index contributed by atoms with van der Waals surface area (Å²) in [5.41, 5.74) is 6.57. The number of nitrogens with zero attached hydrogens (tertiary/aromatic N) is 5. The third-order valence-electron chi connectivity index (χ3n) is 7.61. The minimum atomic E-state index is -4.95. The van der Waals surface area contributed by atoms with Crippen LogP contribution in [0.1, 0.15) is 30.7 Å². The smallest absolute Gasteiger partial charge is 0.418 e. The molecule has 0 bridgehead atoms. The van der Waals surface area contributed by atoms with Gasteiger partial charge in [-0.2, -0.15) is 13.5 Å². The molecule has 45 heavy (non-hydrogen) atoms. The Morgan fingerprint density at radius 3 is 2.67 bits per heavy atom. The lowest BCUT2D eigenvalue weighted by atomic mass is 9.84. The number of benzene rings is 1. The van der Waals surface area contributed by atoms with Crippen LogP contribution >= 0.6 is 11.3 Å². The number of hydrogen-bond donors (Lipinski definition) is 5. The molecule has 2 aromatic rings. The zero-order valence-corrected chi connectivity index (χ0v) is 26.3. The average Bonchev–Trinajstić information content (AvgIpc) is 3.44. The summed E-state index contributed by atoms with van der Waals surface area (Å²) in [5, 5.41) is 20.4. The number of hydrogen-bond acceptors (Lipinski definition) is 13. The molecule has 19 heteroatoms. The van der Waals surface area contributed by atoms with Crippen LogP contribution in [0.15, 0.2) is 28.7 Å². The molecule has 2 saturated heterocycles. The number of thiazole rings is 1. The Hall–Kier alpha value is -4.04. The lowest BCUT2D eigenvalue weighted by molar-refractivity contribution is -0.218. The number of nitrogens with one attached hydrogen (secondary N) is 3. The Labute approximate surface area is 263 Å². The van der Waals surface area contributed by atoms with Gasteiger partial charge >= 0.3 is 10.4 Å². The normalized spacial score (nSPS) is 19.9. The number of aromatic nitrogens is 1. The number of carbonyl (C=O) groups excluding carboxylic acids is 2. The first kappa shape index (κ1) is 32.4. The monoisotopic (exact) mass is 665 g/mol. The van der Waals surface area contributed by atoms with E-state index < -0.39 is 33.8 Å². The van der Waals surface area contributed by atoms with Crippen molar-refractivity contribution in [2.45, 2.75) is 38.4 Å². The minimum absolute atomic E-state index is 0.0209. The number of nitrogens with two attached hydrogens (primary N) is 1. The number of fused-ring (bicyclic) bond motifs is 1. The average molecular weight is 666 g/mol. The van der Waals surface area contributed by atoms with Gasteiger partial charge in [0.05, 0.1) is 5.54 Å². The van der Waals surface area contributed by atoms with Gasteiger partial charge < -0.3 is 35.7 Å². The minimum Gasteiger partial charge on any atom is -0.490 e. The second-order valence-corrected chi connectivity index (χ2v) is 12.9. The van der Waals surface area contributed by atoms with E-state index in [4.69, 9.17) is 25.3 Å². The highest BCUT2D eigenvalue weighted by atomic mass is 32.3. The molecule has 0 spiro atoms. The summed E-state index contributed by atoms with van der Waals surface area (Å²) < 4.78 is 41.2. The van der Waals surface area contributed by atoms with E-state index in [1.54, 1.807) is 0 Å². The molecule has 1 aromatic heterocycles. The topological polar surface area (TPSA) is 225 Å². The largest absolute Gasteiger partial charge is 0.490 e. The lowest BCUT2D eigenvalue weighted by Crippen LogP contribution is -2.76. The highest BCUT2D eigenvalue weighted by Gasteiger charge is 2.58. The van der Waals surface area contributed by atoms with Crippen LogP contribution in [0.5, 0.6) is 5.75 Å². The van der Waals surface area contributed by atoms with E-state index in [9.17, 15) is 18.0 Å². The van der Waals surface area contributed by atoms with Crippen LogP contribution in [-0.2, 0) is 42.1 Å². The van der Waals surface area contributed by atoms with Crippen LogP contribution in [0.2, 0.25) is 0 Å². The zero-order chi connectivity index (χ0) is 32.4. The van der Waals surface area contributed by atoms with Crippen molar-refractivity contribution in [2.75, 3.05) is 51.7 Å². The molecule has 3 aliphatic heterocycles. The van der Waals surface area contributed by atoms with Gasteiger partial charge in [0.25, 0.3) is 11.8 Å². The molecule has 5 rings (SSSR count). The van der Waals surface area contributed by atoms with Crippen LogP contribution in [0.3, 0.4) is 0 Å². The third kappa shape index (κ3) is 7.44. The molecule has 4 heterocycles. The molecule has 2 amide bonds. The summed E-state index contributed by atoms with van der Waals surface area (Å²) in [5.74, 6) is -0.509. The number of carbonyl (C=O) groups is 2. The van der Waals surface area contributed by atoms with Crippen molar-refractivity contribution in [1.29, 1.82) is 5.41 Å². The standard InChI is InChI=1S/C26H35N9O8S2/c1-26(2)21(23(37)35(26)43-45(38,39)40)31-22(36)20(19-15-44-24(27)30-19)32-42-12-11-41-18-4-3-17-14-34(8-5-16(17)13-18)25(28)33-9-6-29-7-10-33/h3-4,13,15,21,28-29H,5-12,14H2,1-2H3,(H2,27,30)(H,31,36)(H,38,39,40)/b28-25?,32-20-. The predicted octanol–water partition coefficient (Wildman–Crippen LogP) is -0.437. The van der Waals surface area contributed by atoms with Gasteiger partial charge in [0.1, 0.15) is 24.1 Å². The molecular formula is C26H35N9O8S2. The van der Waals surface area contributed by atoms with E-state index in [0.29, 0.717) is 23.3 Å². The second-order valence-electron chi connectivity index (χ2n) is 11.1. The van der Waals surface area contributed by atoms with Gasteiger partial charge in [0.2, 0.25) is 0 Å². The van der Waals surface area contributed by atoms with Crippen molar-refractivity contribution in [3.63, 3.8) is 0 Å². The fourth-order valence-corrected chi connectivity index (χ4v) is 6.21. The molecule has 3 aliphatic rings. The Morgan fingerprint density at radius 2 is 2.00 bits per heavy atom. The maximum atomic E-state index is 13.1. The van der Waals surface area contributed by atoms with Gasteiger partial charge in [-0.05, 0) is 43.5 Å². The Morgan fingerprint density at radius 1 is 1.24 bits per heavy atom. The molecule has 1 aromatic carbocycles. The molecule has 0 saturated carbocycles. The van der Waals surface area contributed by atoms with Crippen molar-refractivity contribution in [2.24, 2.45) is 5.16 Å². The number of guanidine groups is 1. The second kappa shape index (κ2) is 13.1. The SMILES string of the molecule is CC1(C)C(NC(=O)/C(=N\OCCOc2ccc3c(c2)CCN(C(=N)N2CCNCC2)C3)c2csc(N)n2)C(=O)N1OS(=O)(=O)O. The summed E-state index contributed by atoms with van der Waals surface area (Å²) in [6.07, 6.45) is 0.789. The Kier molecular flexibility index (Phi) is 9.44. The van der Waals surface area contributed by atoms with Crippen molar-refractivity contribution in [1.82, 2.24) is 30.5 Å². The first-order valence-electron chi connectivity index (χ1n) is 14.1. The van der Waals surface area contributed by atoms with Gasteiger partial charge in [0.15, 0.2) is 23.4 Å². The van der Waals surface area contributed by atoms with Crippen LogP contribution in [0.4, 0.5) is 5.13 Å². The van der Waals surface area contributed by atoms with Crippen molar-refractivity contribution >= 4 is 50.4 Å². The highest BCUT2D eigenvalue weighted by molar-refractivity contribution is 7.80. The molecule has 0 aliphatic carbocycles. The van der Waals surface area contributed by atoms with E-state index in [2.05, 4.69) is 34.9 Å². The van der Waals surface area contributed by atoms with Gasteiger partial charge in [0, 0.05) is 44.6 Å². The predicted molar refractivity (Wildman–Crippen MR) is 163 cm³/mol. The first-order chi connectivity index (χ1) is 21.3. The van der Waals surface area contributed by atoms with E-state index in [0.717, 1.165) is 61.6 Å². The van der Waals surface area contributed by atoms with Gasteiger partial charge in [-0.15, -0.1) is 15.6 Å². The summed E-state index contributed by atoms with van der Waals surface area (Å²) in [6.45, 7) is 7.81. The summed E-state index contributed by atoms with van der Waals surface area (Å²) in [4.78, 5) is 39.2. The molecule has 1 unspecified atom stereocenters. The molecule has 0 radical (unpaired) electrons. The van der Waals surface area contributed by atoms with E-state index in [1.807, 2.05) is 18.2 Å². The first-order valence-corrected chi connectivity index (χ1v) is 16.3. The number of β-lactam (4-membered cyclic amide) rings is 1. The molecule has 6 N–H and O–H groups in total. The van der Waals surface area contributed by atoms with Crippen LogP contribution in [0.25, 0.3) is 0 Å². The molecule has 244 valence electrons. The fraction of sp³-hybridized carbons (Fsp3) is 0.500. The van der Waals surface area contributed by atoms with E-state index in [1.165, 1.54) is 19.2 Å². The van der Waals surface area contributed by atoms with Crippen LogP contribution in [-0.4, -0.2) is 114 Å². The Bertz CT molecular complexity index is 1590. The van der Waals surface area contributed by atoms with E-state index in [-0.39, 0.29) is 29.8 Å². The van der Waals surface area contributed by atoms with Crippen molar-refractivity contribution in [3.05, 3.63) is 40.4 Å². The van der Waals surface area contributed by atoms with Crippen LogP contribution < -0.4 is 21.1 Å². The van der Waals surface area contributed by atoms with Crippen molar-refractivity contribution < 1.29 is 36.4 Å². The van der Waals surface area contributed by atoms with Gasteiger partial charge in [-0.1, -0.05) is 11.2 Å². The molecule has 1 atom stereocenters. The number of piperazine rings is 1. The number of ether oxygens (including phenoxy) is 1. The van der Waals surface area contributed by atoms with E-state index >= 15 is 0 Å². The van der Waals surface area contributed by atoms with Gasteiger partial charge in [-0.3, -0.25) is 19.6 Å². The van der Waals surface area contributed by atoms with Gasteiger partial charge in [-0.25, -0.2) is 4.98 Å². The quantitative estimate of drug-likeness (QED) is 0.0543. The Balaban J connectivity index is 1.15.